The van der Waals surface area contributed by atoms with Gasteiger partial charge in [0.2, 0.25) is 0 Å². The van der Waals surface area contributed by atoms with E-state index in [1.165, 1.54) is 0 Å². The quantitative estimate of drug-likeness (QED) is 0.831. The van der Waals surface area contributed by atoms with E-state index < -0.39 is 0 Å². The zero-order valence-corrected chi connectivity index (χ0v) is 12.6. The number of rotatable bonds is 5. The number of amides is 1. The van der Waals surface area contributed by atoms with E-state index >= 15 is 0 Å². The second-order valence-corrected chi connectivity index (χ2v) is 5.05. The molecule has 0 saturated carbocycles. The lowest BCUT2D eigenvalue weighted by molar-refractivity contribution is 0.0724. The molecular weight excluding hydrogens is 238 g/mol. The Balaban J connectivity index is 2.98. The fraction of sp³-hybridized carbons (Fsp3) is 0.533. The molecule has 19 heavy (non-hydrogen) atoms. The van der Waals surface area contributed by atoms with Gasteiger partial charge in [0, 0.05) is 32.7 Å². The van der Waals surface area contributed by atoms with Gasteiger partial charge < -0.3 is 15.5 Å². The average molecular weight is 263 g/mol. The van der Waals surface area contributed by atoms with Crippen molar-refractivity contribution in [3.05, 3.63) is 23.8 Å². The second-order valence-electron chi connectivity index (χ2n) is 5.05. The van der Waals surface area contributed by atoms with Crippen LogP contribution in [0.25, 0.3) is 0 Å². The van der Waals surface area contributed by atoms with E-state index in [4.69, 9.17) is 5.73 Å². The molecule has 0 saturated heterocycles. The summed E-state index contributed by atoms with van der Waals surface area (Å²) in [6.45, 7) is 4.20. The van der Waals surface area contributed by atoms with Crippen LogP contribution in [0.15, 0.2) is 18.2 Å². The highest BCUT2D eigenvalue weighted by Crippen LogP contribution is 2.23. The standard InChI is InChI=1S/C15H25N3O/c1-6-12(7-2)18(5)15(19)11-8-9-14(17(3)4)13(16)10-11/h8-10,12H,6-7,16H2,1-5H3. The van der Waals surface area contributed by atoms with Gasteiger partial charge >= 0.3 is 0 Å². The monoisotopic (exact) mass is 263 g/mol. The first-order valence-corrected chi connectivity index (χ1v) is 6.76. The summed E-state index contributed by atoms with van der Waals surface area (Å²) in [5.41, 5.74) is 8.20. The average Bonchev–Trinajstić information content (AvgIpc) is 2.38. The van der Waals surface area contributed by atoms with Crippen LogP contribution in [0.1, 0.15) is 37.0 Å². The van der Waals surface area contributed by atoms with Crippen LogP contribution in [0.5, 0.6) is 0 Å². The number of hydrogen-bond acceptors (Lipinski definition) is 3. The highest BCUT2D eigenvalue weighted by molar-refractivity contribution is 5.96. The third kappa shape index (κ3) is 3.40. The molecule has 0 radical (unpaired) electrons. The second kappa shape index (κ2) is 6.45. The molecule has 4 heteroatoms. The highest BCUT2D eigenvalue weighted by Gasteiger charge is 2.19. The van der Waals surface area contributed by atoms with E-state index in [0.717, 1.165) is 18.5 Å². The summed E-state index contributed by atoms with van der Waals surface area (Å²) < 4.78 is 0. The van der Waals surface area contributed by atoms with E-state index in [-0.39, 0.29) is 11.9 Å². The third-order valence-corrected chi connectivity index (χ3v) is 3.57. The van der Waals surface area contributed by atoms with Gasteiger partial charge in [-0.1, -0.05) is 13.8 Å². The van der Waals surface area contributed by atoms with Crippen LogP contribution in [0.3, 0.4) is 0 Å². The van der Waals surface area contributed by atoms with Crippen molar-refractivity contribution in [3.63, 3.8) is 0 Å². The van der Waals surface area contributed by atoms with Crippen molar-refractivity contribution in [1.82, 2.24) is 4.90 Å². The molecule has 0 atom stereocenters. The minimum absolute atomic E-state index is 0.0331. The molecule has 0 aliphatic heterocycles. The van der Waals surface area contributed by atoms with E-state index in [2.05, 4.69) is 13.8 Å². The van der Waals surface area contributed by atoms with Gasteiger partial charge in [-0.15, -0.1) is 0 Å². The van der Waals surface area contributed by atoms with Crippen LogP contribution < -0.4 is 10.6 Å². The van der Waals surface area contributed by atoms with Crippen molar-refractivity contribution in [2.24, 2.45) is 0 Å². The molecule has 0 aromatic heterocycles. The number of benzene rings is 1. The lowest BCUT2D eigenvalue weighted by Gasteiger charge is -2.26. The van der Waals surface area contributed by atoms with Gasteiger partial charge in [-0.2, -0.15) is 0 Å². The van der Waals surface area contributed by atoms with E-state index in [1.54, 1.807) is 6.07 Å². The molecule has 0 bridgehead atoms. The molecule has 0 fully saturated rings. The molecule has 0 aliphatic rings. The summed E-state index contributed by atoms with van der Waals surface area (Å²) in [6, 6.07) is 5.77. The normalized spacial score (nSPS) is 10.6. The topological polar surface area (TPSA) is 49.6 Å². The predicted octanol–water partition coefficient (Wildman–Crippen LogP) is 2.60. The molecule has 0 heterocycles. The Labute approximate surface area is 116 Å². The Bertz CT molecular complexity index is 439. The summed E-state index contributed by atoms with van der Waals surface area (Å²) in [5, 5.41) is 0. The van der Waals surface area contributed by atoms with E-state index in [9.17, 15) is 4.79 Å². The molecule has 1 amide bonds. The molecule has 0 aliphatic carbocycles. The fourth-order valence-corrected chi connectivity index (χ4v) is 2.30. The number of carbonyl (C=O) groups excluding carboxylic acids is 1. The number of nitrogens with two attached hydrogens (primary N) is 1. The van der Waals surface area contributed by atoms with Crippen molar-refractivity contribution in [3.8, 4) is 0 Å². The first-order chi connectivity index (χ1) is 8.92. The van der Waals surface area contributed by atoms with Crippen LogP contribution in [-0.4, -0.2) is 38.0 Å². The van der Waals surface area contributed by atoms with Crippen LogP contribution in [0.4, 0.5) is 11.4 Å². The minimum atomic E-state index is 0.0331. The summed E-state index contributed by atoms with van der Waals surface area (Å²) in [6.07, 6.45) is 1.92. The maximum absolute atomic E-state index is 12.4. The Morgan fingerprint density at radius 1 is 1.21 bits per heavy atom. The van der Waals surface area contributed by atoms with Gasteiger partial charge in [0.05, 0.1) is 11.4 Å². The van der Waals surface area contributed by atoms with E-state index in [0.29, 0.717) is 11.3 Å². The molecule has 4 nitrogen and oxygen atoms in total. The molecule has 1 aromatic rings. The maximum atomic E-state index is 12.4. The Hall–Kier alpha value is -1.71. The van der Waals surface area contributed by atoms with Gasteiger partial charge in [-0.25, -0.2) is 0 Å². The smallest absolute Gasteiger partial charge is 0.253 e. The molecule has 2 N–H and O–H groups in total. The van der Waals surface area contributed by atoms with Gasteiger partial charge in [0.15, 0.2) is 0 Å². The molecule has 1 rings (SSSR count). The number of anilines is 2. The molecule has 1 aromatic carbocycles. The molecular formula is C15H25N3O. The van der Waals surface area contributed by atoms with Gasteiger partial charge in [-0.3, -0.25) is 4.79 Å². The zero-order valence-electron chi connectivity index (χ0n) is 12.6. The summed E-state index contributed by atoms with van der Waals surface area (Å²) in [4.78, 5) is 16.1. The molecule has 0 spiro atoms. The Kier molecular flexibility index (Phi) is 5.21. The SMILES string of the molecule is CCC(CC)N(C)C(=O)c1ccc(N(C)C)c(N)c1. The van der Waals surface area contributed by atoms with Crippen molar-refractivity contribution in [1.29, 1.82) is 0 Å². The van der Waals surface area contributed by atoms with Gasteiger partial charge in [-0.05, 0) is 31.0 Å². The lowest BCUT2D eigenvalue weighted by Crippen LogP contribution is -2.36. The fourth-order valence-electron chi connectivity index (χ4n) is 2.30. The van der Waals surface area contributed by atoms with Gasteiger partial charge in [0.25, 0.3) is 5.91 Å². The van der Waals surface area contributed by atoms with Crippen LogP contribution >= 0.6 is 0 Å². The van der Waals surface area contributed by atoms with Crippen molar-refractivity contribution < 1.29 is 4.79 Å². The van der Waals surface area contributed by atoms with Crippen molar-refractivity contribution >= 4 is 17.3 Å². The number of carbonyl (C=O) groups is 1. The van der Waals surface area contributed by atoms with Crippen LogP contribution in [0.2, 0.25) is 0 Å². The van der Waals surface area contributed by atoms with Gasteiger partial charge in [0.1, 0.15) is 0 Å². The first-order valence-electron chi connectivity index (χ1n) is 6.76. The maximum Gasteiger partial charge on any atom is 0.253 e. The van der Waals surface area contributed by atoms with Crippen LogP contribution in [0, 0.1) is 0 Å². The predicted molar refractivity (Wildman–Crippen MR) is 81.6 cm³/mol. The summed E-state index contributed by atoms with van der Waals surface area (Å²) in [7, 11) is 5.73. The van der Waals surface area contributed by atoms with Crippen molar-refractivity contribution in [2.75, 3.05) is 31.8 Å². The highest BCUT2D eigenvalue weighted by atomic mass is 16.2. The number of nitrogen functional groups attached to an aromatic ring is 1. The minimum Gasteiger partial charge on any atom is -0.397 e. The van der Waals surface area contributed by atoms with Crippen LogP contribution in [-0.2, 0) is 0 Å². The third-order valence-electron chi connectivity index (χ3n) is 3.57. The summed E-state index contributed by atoms with van der Waals surface area (Å²) in [5.74, 6) is 0.0331. The van der Waals surface area contributed by atoms with E-state index in [1.807, 2.05) is 43.1 Å². The molecule has 0 unspecified atom stereocenters. The number of hydrogen-bond donors (Lipinski definition) is 1. The first kappa shape index (κ1) is 15.3. The Morgan fingerprint density at radius 2 is 1.79 bits per heavy atom. The van der Waals surface area contributed by atoms with Crippen molar-refractivity contribution in [2.45, 2.75) is 32.7 Å². The largest absolute Gasteiger partial charge is 0.397 e. The zero-order chi connectivity index (χ0) is 14.6. The number of nitrogens with zero attached hydrogens (tertiary/aromatic N) is 2. The summed E-state index contributed by atoms with van der Waals surface area (Å²) >= 11 is 0. The lowest BCUT2D eigenvalue weighted by atomic mass is 10.1. The molecule has 106 valence electrons. The Morgan fingerprint density at radius 3 is 2.21 bits per heavy atom.